The molecule has 3 N–H and O–H groups in total. The summed E-state index contributed by atoms with van der Waals surface area (Å²) in [6.45, 7) is 5.33. The van der Waals surface area contributed by atoms with E-state index < -0.39 is 0 Å². The van der Waals surface area contributed by atoms with Gasteiger partial charge >= 0.3 is 6.01 Å². The second kappa shape index (κ2) is 9.81. The van der Waals surface area contributed by atoms with Crippen LogP contribution in [0.2, 0.25) is 10.0 Å². The fraction of sp³-hybridized carbons (Fsp3) is 0.167. The molecule has 0 saturated carbocycles. The van der Waals surface area contributed by atoms with E-state index >= 15 is 0 Å². The number of benzene rings is 2. The van der Waals surface area contributed by atoms with Gasteiger partial charge in [-0.15, -0.1) is 0 Å². The number of nitrogens with one attached hydrogen (secondary N) is 3. The number of aryl methyl sites for hydroxylation is 2. The maximum Gasteiger partial charge on any atom is 0.321 e. The lowest BCUT2D eigenvalue weighted by molar-refractivity contribution is 0.441. The molecule has 0 aliphatic carbocycles. The SMILES string of the molecule is CCn1c(NCc2ccc(Oc3ncc(Cl)cn3)cc2)nc2ccc(Nc3n[nH]c(C)c3Cl)cc21. The third kappa shape index (κ3) is 5.01. The predicted octanol–water partition coefficient (Wildman–Crippen LogP) is 6.33. The van der Waals surface area contributed by atoms with Crippen molar-refractivity contribution >= 4 is 51.7 Å². The maximum absolute atomic E-state index is 6.29. The van der Waals surface area contributed by atoms with Crippen molar-refractivity contribution in [1.29, 1.82) is 0 Å². The topological polar surface area (TPSA) is 106 Å². The Labute approximate surface area is 211 Å². The third-order valence-corrected chi connectivity index (χ3v) is 6.04. The van der Waals surface area contributed by atoms with Gasteiger partial charge in [0, 0.05) is 18.8 Å². The molecule has 3 aromatic heterocycles. The fourth-order valence-electron chi connectivity index (χ4n) is 3.61. The Hall–Kier alpha value is -3.82. The fourth-order valence-corrected chi connectivity index (χ4v) is 3.83. The van der Waals surface area contributed by atoms with Gasteiger partial charge in [0.1, 0.15) is 10.8 Å². The average Bonchev–Trinajstić information content (AvgIpc) is 3.38. The van der Waals surface area contributed by atoms with Crippen LogP contribution in [0.15, 0.2) is 54.9 Å². The molecule has 2 aromatic carbocycles. The quantitative estimate of drug-likeness (QED) is 0.224. The Morgan fingerprint density at radius 2 is 1.83 bits per heavy atom. The van der Waals surface area contributed by atoms with Crippen molar-refractivity contribution in [3.63, 3.8) is 0 Å². The van der Waals surface area contributed by atoms with Crippen molar-refractivity contribution in [2.75, 3.05) is 10.6 Å². The first-order chi connectivity index (χ1) is 17.0. The number of aromatic nitrogens is 6. The van der Waals surface area contributed by atoms with Gasteiger partial charge < -0.3 is 19.9 Å². The van der Waals surface area contributed by atoms with E-state index in [1.165, 1.54) is 12.4 Å². The molecular formula is C24H22Cl2N8O. The number of anilines is 3. The Morgan fingerprint density at radius 1 is 1.06 bits per heavy atom. The molecule has 3 heterocycles. The first kappa shape index (κ1) is 22.9. The summed E-state index contributed by atoms with van der Waals surface area (Å²) in [5.74, 6) is 2.03. The van der Waals surface area contributed by atoms with Crippen LogP contribution in [0.1, 0.15) is 18.2 Å². The number of imidazole rings is 1. The highest BCUT2D eigenvalue weighted by Gasteiger charge is 2.12. The largest absolute Gasteiger partial charge is 0.424 e. The molecule has 0 amide bonds. The molecule has 5 aromatic rings. The monoisotopic (exact) mass is 508 g/mol. The zero-order valence-corrected chi connectivity index (χ0v) is 20.5. The average molecular weight is 509 g/mol. The molecule has 9 nitrogen and oxygen atoms in total. The molecule has 5 rings (SSSR count). The maximum atomic E-state index is 6.29. The normalized spacial score (nSPS) is 11.1. The molecule has 0 spiro atoms. The minimum Gasteiger partial charge on any atom is -0.424 e. The van der Waals surface area contributed by atoms with Gasteiger partial charge in [0.05, 0.1) is 34.1 Å². The molecule has 0 atom stereocenters. The van der Waals surface area contributed by atoms with Crippen LogP contribution in [0.4, 0.5) is 17.5 Å². The Morgan fingerprint density at radius 3 is 2.51 bits per heavy atom. The number of halogens is 2. The lowest BCUT2D eigenvalue weighted by Gasteiger charge is -2.10. The number of hydrogen-bond acceptors (Lipinski definition) is 7. The Balaban J connectivity index is 1.29. The number of H-pyrrole nitrogens is 1. The molecule has 0 aliphatic rings. The summed E-state index contributed by atoms with van der Waals surface area (Å²) >= 11 is 12.1. The smallest absolute Gasteiger partial charge is 0.321 e. The van der Waals surface area contributed by atoms with Gasteiger partial charge in [-0.05, 0) is 49.7 Å². The molecule has 11 heteroatoms. The van der Waals surface area contributed by atoms with E-state index in [2.05, 4.69) is 42.3 Å². The number of hydrogen-bond donors (Lipinski definition) is 3. The zero-order chi connectivity index (χ0) is 24.4. The van der Waals surface area contributed by atoms with Crippen LogP contribution in [0, 0.1) is 6.92 Å². The standard InChI is InChI=1S/C24H22Cl2N8O/c1-3-34-20-10-17(30-22-21(26)14(2)32-33-22)6-9-19(20)31-23(34)27-11-15-4-7-18(8-5-15)35-24-28-12-16(25)13-29-24/h4-10,12-13H,3,11H2,1-2H3,(H,27,31)(H2,30,32,33). The lowest BCUT2D eigenvalue weighted by atomic mass is 10.2. The van der Waals surface area contributed by atoms with Crippen molar-refractivity contribution < 1.29 is 4.74 Å². The number of aromatic amines is 1. The van der Waals surface area contributed by atoms with E-state index in [4.69, 9.17) is 32.9 Å². The van der Waals surface area contributed by atoms with Crippen molar-refractivity contribution in [2.45, 2.75) is 26.9 Å². The van der Waals surface area contributed by atoms with Gasteiger partial charge in [0.2, 0.25) is 5.95 Å². The number of fused-ring (bicyclic) bond motifs is 1. The van der Waals surface area contributed by atoms with Gasteiger partial charge in [0.25, 0.3) is 0 Å². The predicted molar refractivity (Wildman–Crippen MR) is 138 cm³/mol. The second-order valence-electron chi connectivity index (χ2n) is 7.80. The van der Waals surface area contributed by atoms with Gasteiger partial charge in [-0.25, -0.2) is 15.0 Å². The lowest BCUT2D eigenvalue weighted by Crippen LogP contribution is -2.06. The first-order valence-corrected chi connectivity index (χ1v) is 11.7. The van der Waals surface area contributed by atoms with Crippen LogP contribution < -0.4 is 15.4 Å². The van der Waals surface area contributed by atoms with Crippen LogP contribution in [0.5, 0.6) is 11.8 Å². The van der Waals surface area contributed by atoms with Crippen molar-refractivity contribution in [3.05, 3.63) is 76.2 Å². The summed E-state index contributed by atoms with van der Waals surface area (Å²) in [5, 5.41) is 14.8. The number of nitrogens with zero attached hydrogens (tertiary/aromatic N) is 5. The highest BCUT2D eigenvalue weighted by Crippen LogP contribution is 2.29. The van der Waals surface area contributed by atoms with E-state index in [1.807, 2.05) is 49.4 Å². The highest BCUT2D eigenvalue weighted by molar-refractivity contribution is 6.33. The van der Waals surface area contributed by atoms with Gasteiger partial charge in [-0.3, -0.25) is 5.10 Å². The van der Waals surface area contributed by atoms with E-state index in [0.29, 0.717) is 28.2 Å². The summed E-state index contributed by atoms with van der Waals surface area (Å²) in [4.78, 5) is 12.9. The van der Waals surface area contributed by atoms with Crippen molar-refractivity contribution in [2.24, 2.45) is 0 Å². The number of ether oxygens (including phenoxy) is 1. The van der Waals surface area contributed by atoms with Crippen LogP contribution in [0.25, 0.3) is 11.0 Å². The van der Waals surface area contributed by atoms with Crippen molar-refractivity contribution in [1.82, 2.24) is 29.7 Å². The van der Waals surface area contributed by atoms with E-state index in [0.717, 1.165) is 40.5 Å². The van der Waals surface area contributed by atoms with Crippen LogP contribution in [-0.2, 0) is 13.1 Å². The molecule has 0 bridgehead atoms. The molecule has 0 radical (unpaired) electrons. The van der Waals surface area contributed by atoms with Gasteiger partial charge in [-0.2, -0.15) is 5.10 Å². The van der Waals surface area contributed by atoms with Crippen LogP contribution in [-0.4, -0.2) is 29.7 Å². The minimum atomic E-state index is 0.246. The van der Waals surface area contributed by atoms with Crippen LogP contribution >= 0.6 is 23.2 Å². The Kier molecular flexibility index (Phi) is 6.43. The van der Waals surface area contributed by atoms with E-state index in [9.17, 15) is 0 Å². The molecule has 35 heavy (non-hydrogen) atoms. The van der Waals surface area contributed by atoms with E-state index in [-0.39, 0.29) is 6.01 Å². The molecule has 0 unspecified atom stereocenters. The summed E-state index contributed by atoms with van der Waals surface area (Å²) in [6, 6.07) is 13.9. The summed E-state index contributed by atoms with van der Waals surface area (Å²) in [6.07, 6.45) is 2.99. The summed E-state index contributed by atoms with van der Waals surface area (Å²) in [5.41, 5.74) is 4.69. The van der Waals surface area contributed by atoms with E-state index in [1.54, 1.807) is 0 Å². The Bertz CT molecular complexity index is 1460. The third-order valence-electron chi connectivity index (χ3n) is 5.38. The summed E-state index contributed by atoms with van der Waals surface area (Å²) < 4.78 is 7.78. The molecule has 0 saturated heterocycles. The van der Waals surface area contributed by atoms with Gasteiger partial charge in [0.15, 0.2) is 5.82 Å². The molecule has 0 aliphatic heterocycles. The number of rotatable bonds is 8. The molecule has 178 valence electrons. The van der Waals surface area contributed by atoms with Crippen LogP contribution in [0.3, 0.4) is 0 Å². The minimum absolute atomic E-state index is 0.246. The zero-order valence-electron chi connectivity index (χ0n) is 19.0. The first-order valence-electron chi connectivity index (χ1n) is 11.0. The molecular weight excluding hydrogens is 487 g/mol. The van der Waals surface area contributed by atoms with Crippen molar-refractivity contribution in [3.8, 4) is 11.8 Å². The summed E-state index contributed by atoms with van der Waals surface area (Å²) in [7, 11) is 0. The highest BCUT2D eigenvalue weighted by atomic mass is 35.5. The second-order valence-corrected chi connectivity index (χ2v) is 8.62. The van der Waals surface area contributed by atoms with Gasteiger partial charge in [-0.1, -0.05) is 35.3 Å². The molecule has 0 fully saturated rings.